The van der Waals surface area contributed by atoms with Crippen molar-refractivity contribution < 1.29 is 23.5 Å². The summed E-state index contributed by atoms with van der Waals surface area (Å²) in [6.45, 7) is 3.92. The Morgan fingerprint density at radius 1 is 1.29 bits per heavy atom. The van der Waals surface area contributed by atoms with Gasteiger partial charge in [-0.25, -0.2) is 9.18 Å². The van der Waals surface area contributed by atoms with E-state index in [0.29, 0.717) is 31.8 Å². The fraction of sp³-hybridized carbons (Fsp3) is 0.619. The minimum absolute atomic E-state index is 0.0240. The number of amides is 2. The zero-order valence-electron chi connectivity index (χ0n) is 16.0. The Bertz CT molecular complexity index is 830. The molecule has 3 fully saturated rings. The van der Waals surface area contributed by atoms with E-state index >= 15 is 0 Å². The summed E-state index contributed by atoms with van der Waals surface area (Å²) in [5.74, 6) is 1.05. The number of ether oxygens (including phenoxy) is 2. The molecular weight excluding hydrogens is 363 g/mol. The maximum absolute atomic E-state index is 13.5. The highest BCUT2D eigenvalue weighted by Crippen LogP contribution is 2.44. The van der Waals surface area contributed by atoms with Crippen molar-refractivity contribution in [2.24, 2.45) is 11.8 Å². The normalized spacial score (nSPS) is 34.4. The molecule has 1 aromatic rings. The molecule has 2 saturated heterocycles. The zero-order valence-corrected chi connectivity index (χ0v) is 16.0. The molecule has 1 spiro atoms. The van der Waals surface area contributed by atoms with E-state index < -0.39 is 0 Å². The monoisotopic (exact) mass is 388 g/mol. The van der Waals surface area contributed by atoms with Crippen LogP contribution in [0.1, 0.15) is 38.2 Å². The van der Waals surface area contributed by atoms with Crippen molar-refractivity contribution in [2.45, 2.75) is 50.2 Å². The molecule has 5 rings (SSSR count). The van der Waals surface area contributed by atoms with E-state index in [-0.39, 0.29) is 34.9 Å². The lowest BCUT2D eigenvalue weighted by atomic mass is 9.68. The SMILES string of the molecule is CC1(C2CCN(C(=O)C3CC4(COC(=O)N4)C3)CC2)Cc2cc(F)ccc2O1. The molecule has 1 aliphatic carbocycles. The van der Waals surface area contributed by atoms with Gasteiger partial charge in [-0.1, -0.05) is 0 Å². The maximum atomic E-state index is 13.5. The molecule has 0 aromatic heterocycles. The van der Waals surface area contributed by atoms with Crippen LogP contribution in [0, 0.1) is 17.7 Å². The number of alkyl carbamates (subject to hydrolysis) is 1. The number of benzene rings is 1. The van der Waals surface area contributed by atoms with Crippen LogP contribution in [0.5, 0.6) is 5.75 Å². The summed E-state index contributed by atoms with van der Waals surface area (Å²) in [5.41, 5.74) is 0.278. The molecule has 3 heterocycles. The Morgan fingerprint density at radius 2 is 2.04 bits per heavy atom. The van der Waals surface area contributed by atoms with Crippen LogP contribution < -0.4 is 10.1 Å². The molecule has 4 aliphatic rings. The first kappa shape index (κ1) is 17.8. The molecule has 1 unspecified atom stereocenters. The number of piperidine rings is 1. The van der Waals surface area contributed by atoms with Crippen molar-refractivity contribution in [1.29, 1.82) is 0 Å². The van der Waals surface area contributed by atoms with E-state index in [4.69, 9.17) is 9.47 Å². The van der Waals surface area contributed by atoms with Gasteiger partial charge in [-0.15, -0.1) is 0 Å². The highest BCUT2D eigenvalue weighted by molar-refractivity contribution is 5.81. The smallest absolute Gasteiger partial charge is 0.407 e. The molecule has 1 atom stereocenters. The van der Waals surface area contributed by atoms with Crippen LogP contribution in [0.2, 0.25) is 0 Å². The molecule has 28 heavy (non-hydrogen) atoms. The molecule has 0 bridgehead atoms. The number of carbonyl (C=O) groups is 2. The number of nitrogens with zero attached hydrogens (tertiary/aromatic N) is 1. The van der Waals surface area contributed by atoms with Crippen LogP contribution in [-0.2, 0) is 16.0 Å². The van der Waals surface area contributed by atoms with Crippen molar-refractivity contribution in [2.75, 3.05) is 19.7 Å². The lowest BCUT2D eigenvalue weighted by Crippen LogP contribution is -2.59. The molecule has 7 heteroatoms. The Kier molecular flexibility index (Phi) is 3.87. The Labute approximate surface area is 163 Å². The van der Waals surface area contributed by atoms with Gasteiger partial charge in [0.15, 0.2) is 0 Å². The maximum Gasteiger partial charge on any atom is 0.407 e. The minimum Gasteiger partial charge on any atom is -0.487 e. The van der Waals surface area contributed by atoms with Crippen LogP contribution in [-0.4, -0.2) is 47.7 Å². The van der Waals surface area contributed by atoms with E-state index in [1.165, 1.54) is 6.07 Å². The second-order valence-electron chi connectivity index (χ2n) is 9.03. The van der Waals surface area contributed by atoms with Crippen molar-refractivity contribution in [3.05, 3.63) is 29.6 Å². The van der Waals surface area contributed by atoms with E-state index in [9.17, 15) is 14.0 Å². The molecule has 3 aliphatic heterocycles. The molecule has 6 nitrogen and oxygen atoms in total. The van der Waals surface area contributed by atoms with Gasteiger partial charge in [0, 0.05) is 36.9 Å². The molecular formula is C21H25FN2O4. The summed E-state index contributed by atoms with van der Waals surface area (Å²) in [4.78, 5) is 26.0. The highest BCUT2D eigenvalue weighted by atomic mass is 19.1. The standard InChI is InChI=1S/C21H25FN2O4/c1-20(9-13-8-16(22)2-3-17(13)28-20)15-4-6-24(7-5-15)18(25)14-10-21(11-14)12-27-19(26)23-21/h2-3,8,14-15H,4-7,9-12H2,1H3,(H,23,26). The topological polar surface area (TPSA) is 67.9 Å². The van der Waals surface area contributed by atoms with Gasteiger partial charge in [-0.2, -0.15) is 0 Å². The van der Waals surface area contributed by atoms with Gasteiger partial charge < -0.3 is 19.7 Å². The summed E-state index contributed by atoms with van der Waals surface area (Å²) in [5, 5.41) is 2.84. The van der Waals surface area contributed by atoms with E-state index in [0.717, 1.165) is 37.2 Å². The van der Waals surface area contributed by atoms with Gasteiger partial charge in [-0.3, -0.25) is 4.79 Å². The Balaban J connectivity index is 1.16. The largest absolute Gasteiger partial charge is 0.487 e. The lowest BCUT2D eigenvalue weighted by Gasteiger charge is -2.46. The number of cyclic esters (lactones) is 1. The number of nitrogens with one attached hydrogen (secondary N) is 1. The fourth-order valence-corrected chi connectivity index (χ4v) is 5.42. The molecule has 2 amide bonds. The summed E-state index contributed by atoms with van der Waals surface area (Å²) in [6, 6.07) is 4.72. The molecule has 1 aromatic carbocycles. The number of halogens is 1. The molecule has 150 valence electrons. The number of likely N-dealkylation sites (tertiary alicyclic amines) is 1. The predicted octanol–water partition coefficient (Wildman–Crippen LogP) is 2.65. The van der Waals surface area contributed by atoms with Crippen molar-refractivity contribution in [3.8, 4) is 5.75 Å². The van der Waals surface area contributed by atoms with Crippen LogP contribution in [0.4, 0.5) is 9.18 Å². The first-order chi connectivity index (χ1) is 13.4. The first-order valence-electron chi connectivity index (χ1n) is 10.1. The van der Waals surface area contributed by atoms with Crippen molar-refractivity contribution in [3.63, 3.8) is 0 Å². The van der Waals surface area contributed by atoms with E-state index in [1.807, 2.05) is 4.90 Å². The van der Waals surface area contributed by atoms with Crippen LogP contribution >= 0.6 is 0 Å². The van der Waals surface area contributed by atoms with E-state index in [2.05, 4.69) is 12.2 Å². The summed E-state index contributed by atoms with van der Waals surface area (Å²) in [6.07, 6.45) is 3.44. The molecule has 0 radical (unpaired) electrons. The van der Waals surface area contributed by atoms with Crippen molar-refractivity contribution >= 4 is 12.0 Å². The third kappa shape index (κ3) is 2.83. The minimum atomic E-state index is -0.377. The summed E-state index contributed by atoms with van der Waals surface area (Å²) >= 11 is 0. The second-order valence-corrected chi connectivity index (χ2v) is 9.03. The van der Waals surface area contributed by atoms with Crippen LogP contribution in [0.3, 0.4) is 0 Å². The number of fused-ring (bicyclic) bond motifs is 1. The van der Waals surface area contributed by atoms with Crippen LogP contribution in [0.15, 0.2) is 18.2 Å². The quantitative estimate of drug-likeness (QED) is 0.846. The molecule has 1 saturated carbocycles. The third-order valence-corrected chi connectivity index (χ3v) is 7.05. The van der Waals surface area contributed by atoms with Crippen LogP contribution in [0.25, 0.3) is 0 Å². The zero-order chi connectivity index (χ0) is 19.5. The second kappa shape index (κ2) is 6.09. The molecule has 1 N–H and O–H groups in total. The predicted molar refractivity (Wildman–Crippen MR) is 98.4 cm³/mol. The average Bonchev–Trinajstić information content (AvgIpc) is 3.20. The van der Waals surface area contributed by atoms with Gasteiger partial charge >= 0.3 is 6.09 Å². The van der Waals surface area contributed by atoms with Crippen molar-refractivity contribution in [1.82, 2.24) is 10.2 Å². The number of rotatable bonds is 2. The lowest BCUT2D eigenvalue weighted by molar-refractivity contribution is -0.143. The summed E-state index contributed by atoms with van der Waals surface area (Å²) in [7, 11) is 0. The Morgan fingerprint density at radius 3 is 2.71 bits per heavy atom. The van der Waals surface area contributed by atoms with Gasteiger partial charge in [0.1, 0.15) is 23.8 Å². The van der Waals surface area contributed by atoms with Gasteiger partial charge in [0.25, 0.3) is 0 Å². The van der Waals surface area contributed by atoms with E-state index in [1.54, 1.807) is 12.1 Å². The average molecular weight is 388 g/mol. The number of hydrogen-bond donors (Lipinski definition) is 1. The fourth-order valence-electron chi connectivity index (χ4n) is 5.42. The van der Waals surface area contributed by atoms with Gasteiger partial charge in [0.05, 0.1) is 5.54 Å². The number of carbonyl (C=O) groups excluding carboxylic acids is 2. The van der Waals surface area contributed by atoms with Gasteiger partial charge in [-0.05, 0) is 50.8 Å². The first-order valence-corrected chi connectivity index (χ1v) is 10.1. The Hall–Kier alpha value is -2.31. The highest BCUT2D eigenvalue weighted by Gasteiger charge is 2.54. The summed E-state index contributed by atoms with van der Waals surface area (Å²) < 4.78 is 24.7. The third-order valence-electron chi connectivity index (χ3n) is 7.05. The number of hydrogen-bond acceptors (Lipinski definition) is 4. The van der Waals surface area contributed by atoms with Gasteiger partial charge in [0.2, 0.25) is 5.91 Å².